The minimum atomic E-state index is -0.775. The summed E-state index contributed by atoms with van der Waals surface area (Å²) in [6.45, 7) is 4.14. The predicted octanol–water partition coefficient (Wildman–Crippen LogP) is 0.731. The summed E-state index contributed by atoms with van der Waals surface area (Å²) < 4.78 is 0. The van der Waals surface area contributed by atoms with Crippen molar-refractivity contribution in [3.63, 3.8) is 0 Å². The number of nitrogens with zero attached hydrogens (tertiary/aromatic N) is 2. The van der Waals surface area contributed by atoms with Gasteiger partial charge in [-0.15, -0.1) is 0 Å². The number of amides is 2. The van der Waals surface area contributed by atoms with Gasteiger partial charge in [-0.1, -0.05) is 0 Å². The van der Waals surface area contributed by atoms with Gasteiger partial charge in [0.25, 0.3) is 0 Å². The highest BCUT2D eigenvalue weighted by Gasteiger charge is 2.32. The molecule has 0 bridgehead atoms. The molecule has 0 aromatic heterocycles. The fourth-order valence-electron chi connectivity index (χ4n) is 2.44. The first-order valence-electron chi connectivity index (χ1n) is 7.15. The van der Waals surface area contributed by atoms with Gasteiger partial charge < -0.3 is 15.3 Å². The van der Waals surface area contributed by atoms with E-state index in [2.05, 4.69) is 10.2 Å². The van der Waals surface area contributed by atoms with Crippen LogP contribution in [-0.4, -0.2) is 65.7 Å². The van der Waals surface area contributed by atoms with Crippen LogP contribution in [0.2, 0.25) is 0 Å². The van der Waals surface area contributed by atoms with Gasteiger partial charge >= 0.3 is 12.0 Å². The molecule has 0 radical (unpaired) electrons. The third-order valence-corrected chi connectivity index (χ3v) is 3.76. The Labute approximate surface area is 113 Å². The molecule has 0 spiro atoms. The molecular weight excluding hydrogens is 246 g/mol. The molecule has 2 aliphatic rings. The minimum Gasteiger partial charge on any atom is -0.481 e. The topological polar surface area (TPSA) is 72.9 Å². The molecule has 2 fully saturated rings. The summed E-state index contributed by atoms with van der Waals surface area (Å²) in [4.78, 5) is 26.5. The smallest absolute Gasteiger partial charge is 0.317 e. The van der Waals surface area contributed by atoms with Gasteiger partial charge in [0, 0.05) is 45.2 Å². The van der Waals surface area contributed by atoms with Crippen molar-refractivity contribution in [3.05, 3.63) is 0 Å². The van der Waals surface area contributed by atoms with E-state index in [-0.39, 0.29) is 12.5 Å². The van der Waals surface area contributed by atoms with Gasteiger partial charge in [-0.05, 0) is 25.7 Å². The Bertz CT molecular complexity index is 323. The molecule has 2 amide bonds. The molecule has 2 rings (SSSR count). The number of carbonyl (C=O) groups excluding carboxylic acids is 1. The van der Waals surface area contributed by atoms with Crippen LogP contribution in [0.4, 0.5) is 4.79 Å². The molecule has 0 atom stereocenters. The lowest BCUT2D eigenvalue weighted by Crippen LogP contribution is -2.52. The molecule has 6 nitrogen and oxygen atoms in total. The van der Waals surface area contributed by atoms with Crippen molar-refractivity contribution >= 4 is 12.0 Å². The molecule has 1 heterocycles. The van der Waals surface area contributed by atoms with Crippen molar-refractivity contribution in [2.45, 2.75) is 38.1 Å². The number of hydrogen-bond acceptors (Lipinski definition) is 3. The summed E-state index contributed by atoms with van der Waals surface area (Å²) in [7, 11) is 0. The maximum atomic E-state index is 11.9. The fourth-order valence-corrected chi connectivity index (χ4v) is 2.44. The molecule has 6 heteroatoms. The lowest BCUT2D eigenvalue weighted by molar-refractivity contribution is -0.137. The van der Waals surface area contributed by atoms with E-state index in [0.29, 0.717) is 13.0 Å². The van der Waals surface area contributed by atoms with E-state index >= 15 is 0 Å². The van der Waals surface area contributed by atoms with Gasteiger partial charge in [-0.3, -0.25) is 9.69 Å². The van der Waals surface area contributed by atoms with Crippen LogP contribution in [0.25, 0.3) is 0 Å². The van der Waals surface area contributed by atoms with Crippen molar-refractivity contribution in [3.8, 4) is 0 Å². The van der Waals surface area contributed by atoms with Gasteiger partial charge in [-0.2, -0.15) is 0 Å². The Kier molecular flexibility index (Phi) is 5.01. The van der Waals surface area contributed by atoms with E-state index in [1.54, 1.807) is 0 Å². The molecule has 1 aliphatic carbocycles. The zero-order valence-electron chi connectivity index (χ0n) is 11.3. The van der Waals surface area contributed by atoms with Crippen molar-refractivity contribution < 1.29 is 14.7 Å². The molecule has 0 aromatic carbocycles. The zero-order valence-corrected chi connectivity index (χ0v) is 11.3. The molecule has 0 aromatic rings. The monoisotopic (exact) mass is 269 g/mol. The Morgan fingerprint density at radius 2 is 1.79 bits per heavy atom. The SMILES string of the molecule is O=C(O)CCCCNC(=O)N1CCN(C2CC2)CC1. The van der Waals surface area contributed by atoms with Crippen molar-refractivity contribution in [1.29, 1.82) is 0 Å². The number of piperazine rings is 1. The first-order chi connectivity index (χ1) is 9.16. The van der Waals surface area contributed by atoms with E-state index in [1.165, 1.54) is 12.8 Å². The van der Waals surface area contributed by atoms with Gasteiger partial charge in [0.1, 0.15) is 0 Å². The number of carboxylic acid groups (broad SMARTS) is 1. The normalized spacial score (nSPS) is 20.3. The van der Waals surface area contributed by atoms with Gasteiger partial charge in [0.2, 0.25) is 0 Å². The molecular formula is C13H23N3O3. The summed E-state index contributed by atoms with van der Waals surface area (Å²) in [5, 5.41) is 11.4. The molecule has 1 saturated heterocycles. The highest BCUT2D eigenvalue weighted by Crippen LogP contribution is 2.27. The van der Waals surface area contributed by atoms with Crippen molar-refractivity contribution in [2.75, 3.05) is 32.7 Å². The maximum Gasteiger partial charge on any atom is 0.317 e. The van der Waals surface area contributed by atoms with Gasteiger partial charge in [0.05, 0.1) is 0 Å². The highest BCUT2D eigenvalue weighted by atomic mass is 16.4. The van der Waals surface area contributed by atoms with E-state index in [9.17, 15) is 9.59 Å². The van der Waals surface area contributed by atoms with Crippen LogP contribution in [0, 0.1) is 0 Å². The molecule has 108 valence electrons. The molecule has 1 saturated carbocycles. The average molecular weight is 269 g/mol. The quantitative estimate of drug-likeness (QED) is 0.697. The van der Waals surface area contributed by atoms with E-state index in [1.807, 2.05) is 4.90 Å². The van der Waals surface area contributed by atoms with Crippen LogP contribution >= 0.6 is 0 Å². The van der Waals surface area contributed by atoms with Crippen molar-refractivity contribution in [1.82, 2.24) is 15.1 Å². The number of urea groups is 1. The van der Waals surface area contributed by atoms with Crippen LogP contribution < -0.4 is 5.32 Å². The largest absolute Gasteiger partial charge is 0.481 e. The Balaban J connectivity index is 1.55. The fraction of sp³-hybridized carbons (Fsp3) is 0.846. The minimum absolute atomic E-state index is 0.00854. The van der Waals surface area contributed by atoms with E-state index in [4.69, 9.17) is 5.11 Å². The highest BCUT2D eigenvalue weighted by molar-refractivity contribution is 5.74. The van der Waals surface area contributed by atoms with Crippen LogP contribution in [0.15, 0.2) is 0 Å². The van der Waals surface area contributed by atoms with Crippen LogP contribution in [-0.2, 0) is 4.79 Å². The number of carboxylic acids is 1. The van der Waals surface area contributed by atoms with Crippen LogP contribution in [0.1, 0.15) is 32.1 Å². The number of unbranched alkanes of at least 4 members (excludes halogenated alkanes) is 1. The van der Waals surface area contributed by atoms with Crippen LogP contribution in [0.3, 0.4) is 0 Å². The predicted molar refractivity (Wildman–Crippen MR) is 71.1 cm³/mol. The number of rotatable bonds is 6. The lowest BCUT2D eigenvalue weighted by atomic mass is 10.2. The number of carbonyl (C=O) groups is 2. The second-order valence-electron chi connectivity index (χ2n) is 5.34. The molecule has 19 heavy (non-hydrogen) atoms. The number of hydrogen-bond donors (Lipinski definition) is 2. The summed E-state index contributed by atoms with van der Waals surface area (Å²) in [6.07, 6.45) is 4.15. The standard InChI is InChI=1S/C13H23N3O3/c17-12(18)3-1-2-6-14-13(19)16-9-7-15(8-10-16)11-4-5-11/h11H,1-10H2,(H,14,19)(H,17,18). The maximum absolute atomic E-state index is 11.9. The summed E-state index contributed by atoms with van der Waals surface area (Å²) >= 11 is 0. The van der Waals surface area contributed by atoms with E-state index < -0.39 is 5.97 Å². The summed E-state index contributed by atoms with van der Waals surface area (Å²) in [6, 6.07) is 0.770. The van der Waals surface area contributed by atoms with Gasteiger partial charge in [0.15, 0.2) is 0 Å². The third kappa shape index (κ3) is 4.70. The Hall–Kier alpha value is -1.30. The summed E-state index contributed by atoms with van der Waals surface area (Å²) in [5.41, 5.74) is 0. The van der Waals surface area contributed by atoms with Crippen molar-refractivity contribution in [2.24, 2.45) is 0 Å². The van der Waals surface area contributed by atoms with Gasteiger partial charge in [-0.25, -0.2) is 4.79 Å². The zero-order chi connectivity index (χ0) is 13.7. The number of aliphatic carboxylic acids is 1. The Morgan fingerprint density at radius 3 is 2.37 bits per heavy atom. The first kappa shape index (κ1) is 14.1. The second-order valence-corrected chi connectivity index (χ2v) is 5.34. The first-order valence-corrected chi connectivity index (χ1v) is 7.15. The summed E-state index contributed by atoms with van der Waals surface area (Å²) in [5.74, 6) is -0.775. The van der Waals surface area contributed by atoms with Crippen LogP contribution in [0.5, 0.6) is 0 Å². The second kappa shape index (κ2) is 6.75. The molecule has 2 N–H and O–H groups in total. The molecule has 0 unspecified atom stereocenters. The molecule has 1 aliphatic heterocycles. The lowest BCUT2D eigenvalue weighted by Gasteiger charge is -2.34. The number of nitrogens with one attached hydrogen (secondary N) is 1. The third-order valence-electron chi connectivity index (χ3n) is 3.76. The average Bonchev–Trinajstić information content (AvgIpc) is 3.22. The van der Waals surface area contributed by atoms with E-state index in [0.717, 1.165) is 38.6 Å². The Morgan fingerprint density at radius 1 is 1.11 bits per heavy atom.